The van der Waals surface area contributed by atoms with E-state index in [-0.39, 0.29) is 24.9 Å². The predicted molar refractivity (Wildman–Crippen MR) is 316 cm³/mol. The molecule has 0 fully saturated rings. The number of esters is 1. The highest BCUT2D eigenvalue weighted by molar-refractivity contribution is 7.45. The summed E-state index contributed by atoms with van der Waals surface area (Å²) in [5.41, 5.74) is 0. The Balaban J connectivity index is 5.29. The van der Waals surface area contributed by atoms with E-state index in [1.165, 1.54) is 154 Å². The summed E-state index contributed by atoms with van der Waals surface area (Å²) in [6.07, 6.45) is 67.5. The first-order valence-corrected chi connectivity index (χ1v) is 32.6. The third-order valence-corrected chi connectivity index (χ3v) is 14.6. The van der Waals surface area contributed by atoms with Gasteiger partial charge < -0.3 is 28.5 Å². The maximum Gasteiger partial charge on any atom is 0.306 e. The van der Waals surface area contributed by atoms with Crippen molar-refractivity contribution in [3.63, 3.8) is 0 Å². The Labute approximate surface area is 458 Å². The molecule has 0 radical (unpaired) electrons. The Morgan fingerprint density at radius 1 is 0.473 bits per heavy atom. The first-order chi connectivity index (χ1) is 35.9. The molecule has 432 valence electrons. The molecule has 0 saturated heterocycles. The summed E-state index contributed by atoms with van der Waals surface area (Å²) >= 11 is 0. The lowest BCUT2D eigenvalue weighted by Crippen LogP contribution is -2.47. The number of likely N-dealkylation sites (N-methyl/N-ethyl adjacent to an activating group) is 1. The van der Waals surface area contributed by atoms with Gasteiger partial charge in [0.1, 0.15) is 19.3 Å². The molecule has 1 amide bonds. The first kappa shape index (κ1) is 71.7. The first-order valence-electron chi connectivity index (χ1n) is 31.1. The highest BCUT2D eigenvalue weighted by atomic mass is 31.2. The van der Waals surface area contributed by atoms with Crippen molar-refractivity contribution in [2.75, 3.05) is 40.9 Å². The van der Waals surface area contributed by atoms with Crippen molar-refractivity contribution in [3.8, 4) is 0 Å². The van der Waals surface area contributed by atoms with Crippen LogP contribution in [0.2, 0.25) is 0 Å². The smallest absolute Gasteiger partial charge is 0.306 e. The number of phosphoric acid groups is 1. The predicted octanol–water partition coefficient (Wildman–Crippen LogP) is 18.4. The molecule has 0 aliphatic heterocycles. The number of nitrogens with zero attached hydrogens (tertiary/aromatic N) is 1. The molecule has 0 heterocycles. The van der Waals surface area contributed by atoms with Crippen LogP contribution in [-0.4, -0.2) is 69.4 Å². The minimum Gasteiger partial charge on any atom is -0.756 e. The van der Waals surface area contributed by atoms with Crippen LogP contribution in [0.1, 0.15) is 284 Å². The number of rotatable bonds is 56. The van der Waals surface area contributed by atoms with Gasteiger partial charge in [-0.2, -0.15) is 0 Å². The van der Waals surface area contributed by atoms with Gasteiger partial charge in [-0.25, -0.2) is 0 Å². The standard InChI is InChI=1S/C64H119N2O7P/c1-7-10-13-16-19-22-25-28-30-31-32-33-34-35-36-39-42-45-48-51-54-57-64(68)73-62(55-52-49-46-43-40-37-27-24-21-18-15-12-9-3)61(60-72-74(69,70)71-59-58-66(4,5)6)65-63(67)56-53-50-47-44-41-38-29-26-23-20-17-14-11-8-2/h19,22,28,30,32-33,38,41,52,55,61-62H,7-18,20-21,23-27,29,31,34-37,39-40,42-51,53-54,56-60H2,1-6H3,(H-,65,67,69,70)/b22-19-,30-28-,33-32-,41-38-,55-52-. The number of allylic oxidation sites excluding steroid dienone is 9. The molecule has 0 aromatic carbocycles. The molecular weight excluding hydrogens is 940 g/mol. The van der Waals surface area contributed by atoms with Crippen LogP contribution >= 0.6 is 7.82 Å². The third kappa shape index (κ3) is 54.5. The van der Waals surface area contributed by atoms with Gasteiger partial charge in [-0.05, 0) is 96.0 Å². The van der Waals surface area contributed by atoms with E-state index in [1.54, 1.807) is 0 Å². The highest BCUT2D eigenvalue weighted by Gasteiger charge is 2.27. The van der Waals surface area contributed by atoms with Gasteiger partial charge in [0.2, 0.25) is 5.91 Å². The van der Waals surface area contributed by atoms with Gasteiger partial charge in [-0.1, -0.05) is 236 Å². The van der Waals surface area contributed by atoms with E-state index in [0.717, 1.165) is 89.9 Å². The molecule has 9 nitrogen and oxygen atoms in total. The average molecular weight is 1060 g/mol. The molecule has 1 N–H and O–H groups in total. The second-order valence-corrected chi connectivity index (χ2v) is 23.6. The molecule has 74 heavy (non-hydrogen) atoms. The van der Waals surface area contributed by atoms with Crippen molar-refractivity contribution >= 4 is 19.7 Å². The van der Waals surface area contributed by atoms with Crippen LogP contribution in [0.4, 0.5) is 0 Å². The molecule has 0 aromatic heterocycles. The lowest BCUT2D eigenvalue weighted by Gasteiger charge is -2.30. The van der Waals surface area contributed by atoms with E-state index >= 15 is 0 Å². The van der Waals surface area contributed by atoms with Crippen molar-refractivity contribution < 1.29 is 37.3 Å². The SMILES string of the molecule is CCCCC/C=C\C/C=C\C/C=C\CCCCCCCCCCC(=O)OC(/C=C\CCCCCCCCCCCCC)C(COP(=O)([O-])OCC[N+](C)(C)C)NC(=O)CCCCC/C=C\CCCCCCCCC. The fraction of sp³-hybridized carbons (Fsp3) is 0.812. The molecule has 0 aromatic rings. The number of unbranched alkanes of at least 4 members (excludes halogenated alkanes) is 32. The zero-order chi connectivity index (χ0) is 54.3. The number of hydrogen-bond acceptors (Lipinski definition) is 7. The maximum atomic E-state index is 13.5. The number of ether oxygens (including phenoxy) is 1. The van der Waals surface area contributed by atoms with Crippen LogP contribution in [0.15, 0.2) is 60.8 Å². The highest BCUT2D eigenvalue weighted by Crippen LogP contribution is 2.38. The Kier molecular flexibility index (Phi) is 52.4. The number of phosphoric ester groups is 1. The maximum absolute atomic E-state index is 13.5. The Hall–Kier alpha value is -2.29. The van der Waals surface area contributed by atoms with Crippen molar-refractivity contribution in [1.29, 1.82) is 0 Å². The van der Waals surface area contributed by atoms with Gasteiger partial charge in [0.25, 0.3) is 7.82 Å². The van der Waals surface area contributed by atoms with Crippen molar-refractivity contribution in [1.82, 2.24) is 5.32 Å². The van der Waals surface area contributed by atoms with Crippen molar-refractivity contribution in [2.45, 2.75) is 296 Å². The van der Waals surface area contributed by atoms with E-state index < -0.39 is 26.6 Å². The van der Waals surface area contributed by atoms with E-state index in [0.29, 0.717) is 23.9 Å². The van der Waals surface area contributed by atoms with Crippen LogP contribution in [0, 0.1) is 0 Å². The minimum atomic E-state index is -4.70. The van der Waals surface area contributed by atoms with Gasteiger partial charge in [-0.3, -0.25) is 14.2 Å². The number of carbonyl (C=O) groups is 2. The number of amides is 1. The Morgan fingerprint density at radius 2 is 0.824 bits per heavy atom. The number of carbonyl (C=O) groups excluding carboxylic acids is 2. The Bertz CT molecular complexity index is 1450. The molecule has 3 atom stereocenters. The lowest BCUT2D eigenvalue weighted by molar-refractivity contribution is -0.870. The third-order valence-electron chi connectivity index (χ3n) is 13.7. The fourth-order valence-electron chi connectivity index (χ4n) is 8.82. The van der Waals surface area contributed by atoms with Gasteiger partial charge in [0.05, 0.1) is 33.8 Å². The largest absolute Gasteiger partial charge is 0.756 e. The molecule has 3 unspecified atom stereocenters. The van der Waals surface area contributed by atoms with Crippen LogP contribution in [0.5, 0.6) is 0 Å². The summed E-state index contributed by atoms with van der Waals surface area (Å²) in [6.45, 7) is 6.81. The van der Waals surface area contributed by atoms with Crippen LogP contribution in [0.25, 0.3) is 0 Å². The van der Waals surface area contributed by atoms with Gasteiger partial charge >= 0.3 is 5.97 Å². The lowest BCUT2D eigenvalue weighted by atomic mass is 10.0. The molecule has 0 rings (SSSR count). The second kappa shape index (κ2) is 54.1. The number of nitrogens with one attached hydrogen (secondary N) is 1. The number of hydrogen-bond donors (Lipinski definition) is 1. The van der Waals surface area contributed by atoms with E-state index in [9.17, 15) is 19.0 Å². The molecule has 0 spiro atoms. The summed E-state index contributed by atoms with van der Waals surface area (Å²) in [6, 6.07) is -0.899. The van der Waals surface area contributed by atoms with E-state index in [1.807, 2.05) is 33.3 Å². The molecule has 0 aliphatic carbocycles. The van der Waals surface area contributed by atoms with Crippen LogP contribution in [0.3, 0.4) is 0 Å². The monoisotopic (exact) mass is 1060 g/mol. The topological polar surface area (TPSA) is 114 Å². The summed E-state index contributed by atoms with van der Waals surface area (Å²) in [5, 5.41) is 3.02. The average Bonchev–Trinajstić information content (AvgIpc) is 3.36. The van der Waals surface area contributed by atoms with E-state index in [4.69, 9.17) is 13.8 Å². The second-order valence-electron chi connectivity index (χ2n) is 22.2. The minimum absolute atomic E-state index is 0.0271. The summed E-state index contributed by atoms with van der Waals surface area (Å²) < 4.78 is 30.3. The fourth-order valence-corrected chi connectivity index (χ4v) is 9.54. The van der Waals surface area contributed by atoms with Crippen molar-refractivity contribution in [3.05, 3.63) is 60.8 Å². The molecule has 0 bridgehead atoms. The van der Waals surface area contributed by atoms with Gasteiger partial charge in [0, 0.05) is 12.8 Å². The van der Waals surface area contributed by atoms with Gasteiger partial charge in [-0.15, -0.1) is 0 Å². The molecular formula is C64H119N2O7P. The van der Waals surface area contributed by atoms with Gasteiger partial charge in [0.15, 0.2) is 0 Å². The van der Waals surface area contributed by atoms with Crippen LogP contribution < -0.4 is 10.2 Å². The summed E-state index contributed by atoms with van der Waals surface area (Å²) in [5.74, 6) is -0.563. The zero-order valence-corrected chi connectivity index (χ0v) is 50.2. The normalized spacial score (nSPS) is 14.1. The summed E-state index contributed by atoms with van der Waals surface area (Å²) in [4.78, 5) is 40.0. The number of quaternary nitrogens is 1. The zero-order valence-electron chi connectivity index (χ0n) is 49.3. The van der Waals surface area contributed by atoms with E-state index in [2.05, 4.69) is 74.7 Å². The molecule has 10 heteroatoms. The van der Waals surface area contributed by atoms with Crippen molar-refractivity contribution in [2.24, 2.45) is 0 Å². The Morgan fingerprint density at radius 3 is 1.28 bits per heavy atom. The molecule has 0 aliphatic rings. The van der Waals surface area contributed by atoms with Crippen LogP contribution in [-0.2, 0) is 27.9 Å². The molecule has 0 saturated carbocycles. The quantitative estimate of drug-likeness (QED) is 0.0212. The summed E-state index contributed by atoms with van der Waals surface area (Å²) in [7, 11) is 1.17.